The molecule has 0 bridgehead atoms. The van der Waals surface area contributed by atoms with Gasteiger partial charge < -0.3 is 9.64 Å². The molecular formula is C19H18BrNO4S. The van der Waals surface area contributed by atoms with Crippen molar-refractivity contribution in [2.24, 2.45) is 0 Å². The van der Waals surface area contributed by atoms with Gasteiger partial charge in [0.2, 0.25) is 5.91 Å². The second-order valence-corrected chi connectivity index (χ2v) is 7.51. The van der Waals surface area contributed by atoms with Gasteiger partial charge in [-0.2, -0.15) is 0 Å². The van der Waals surface area contributed by atoms with E-state index in [1.54, 1.807) is 62.6 Å². The number of halogens is 1. The van der Waals surface area contributed by atoms with E-state index in [1.807, 2.05) is 0 Å². The Hall–Kier alpha value is -2.12. The van der Waals surface area contributed by atoms with E-state index < -0.39 is 5.97 Å². The molecule has 0 heterocycles. The number of amides is 1. The third kappa shape index (κ3) is 5.71. The molecule has 0 fully saturated rings. The zero-order valence-corrected chi connectivity index (χ0v) is 16.8. The van der Waals surface area contributed by atoms with Crippen molar-refractivity contribution in [3.05, 3.63) is 64.1 Å². The summed E-state index contributed by atoms with van der Waals surface area (Å²) in [6.07, 6.45) is 0. The summed E-state index contributed by atoms with van der Waals surface area (Å²) in [6.45, 7) is -0.337. The molecule has 0 aromatic heterocycles. The van der Waals surface area contributed by atoms with Gasteiger partial charge in [-0.3, -0.25) is 9.59 Å². The first-order chi connectivity index (χ1) is 12.4. The molecule has 0 atom stereocenters. The molecule has 0 aliphatic heterocycles. The standard InChI is InChI=1S/C19H18BrNO4S/c1-21(2)18(23)12-26-17-6-4-3-5-15(17)19(24)25-11-16(22)13-7-9-14(20)10-8-13/h3-10H,11-12H2,1-2H3. The Bertz CT molecular complexity index is 805. The lowest BCUT2D eigenvalue weighted by atomic mass is 10.1. The maximum atomic E-state index is 12.3. The predicted molar refractivity (Wildman–Crippen MR) is 105 cm³/mol. The van der Waals surface area contributed by atoms with Crippen LogP contribution in [0.1, 0.15) is 20.7 Å². The second-order valence-electron chi connectivity index (χ2n) is 5.58. The third-order valence-corrected chi connectivity index (χ3v) is 5.04. The molecule has 136 valence electrons. The number of carbonyl (C=O) groups is 3. The minimum absolute atomic E-state index is 0.0522. The molecular weight excluding hydrogens is 418 g/mol. The van der Waals surface area contributed by atoms with E-state index in [0.717, 1.165) is 4.47 Å². The fourth-order valence-corrected chi connectivity index (χ4v) is 3.24. The van der Waals surface area contributed by atoms with Crippen LogP contribution in [0.2, 0.25) is 0 Å². The summed E-state index contributed by atoms with van der Waals surface area (Å²) >= 11 is 4.56. The summed E-state index contributed by atoms with van der Waals surface area (Å²) in [4.78, 5) is 38.3. The van der Waals surface area contributed by atoms with Gasteiger partial charge in [0, 0.05) is 29.0 Å². The van der Waals surface area contributed by atoms with Crippen molar-refractivity contribution in [1.82, 2.24) is 4.90 Å². The fourth-order valence-electron chi connectivity index (χ4n) is 1.96. The average Bonchev–Trinajstić information content (AvgIpc) is 2.64. The summed E-state index contributed by atoms with van der Waals surface area (Å²) in [7, 11) is 3.35. The summed E-state index contributed by atoms with van der Waals surface area (Å²) in [5, 5.41) is 0. The summed E-state index contributed by atoms with van der Waals surface area (Å²) < 4.78 is 6.03. The van der Waals surface area contributed by atoms with E-state index in [0.29, 0.717) is 16.0 Å². The number of ketones is 1. The number of thioether (sulfide) groups is 1. The van der Waals surface area contributed by atoms with Gasteiger partial charge in [-0.25, -0.2) is 4.79 Å². The molecule has 2 aromatic rings. The van der Waals surface area contributed by atoms with Crippen LogP contribution in [0.4, 0.5) is 0 Å². The molecule has 0 spiro atoms. The van der Waals surface area contributed by atoms with Crippen LogP contribution >= 0.6 is 27.7 Å². The first-order valence-electron chi connectivity index (χ1n) is 7.76. The van der Waals surface area contributed by atoms with Crippen molar-refractivity contribution >= 4 is 45.4 Å². The van der Waals surface area contributed by atoms with Crippen molar-refractivity contribution < 1.29 is 19.1 Å². The molecule has 2 aromatic carbocycles. The maximum Gasteiger partial charge on any atom is 0.339 e. The lowest BCUT2D eigenvalue weighted by Gasteiger charge is -2.11. The topological polar surface area (TPSA) is 63.7 Å². The van der Waals surface area contributed by atoms with Gasteiger partial charge in [-0.05, 0) is 24.3 Å². The van der Waals surface area contributed by atoms with E-state index in [-0.39, 0.29) is 24.1 Å². The van der Waals surface area contributed by atoms with Gasteiger partial charge in [0.05, 0.1) is 11.3 Å². The Kier molecular flexibility index (Phi) is 7.41. The van der Waals surface area contributed by atoms with Crippen LogP contribution in [0.5, 0.6) is 0 Å². The number of hydrogen-bond acceptors (Lipinski definition) is 5. The first kappa shape index (κ1) is 20.2. The van der Waals surface area contributed by atoms with Crippen molar-refractivity contribution in [3.8, 4) is 0 Å². The molecule has 0 aliphatic carbocycles. The molecule has 7 heteroatoms. The van der Waals surface area contributed by atoms with Crippen molar-refractivity contribution in [1.29, 1.82) is 0 Å². The number of ether oxygens (including phenoxy) is 1. The molecule has 2 rings (SSSR count). The smallest absolute Gasteiger partial charge is 0.339 e. The molecule has 0 saturated carbocycles. The van der Waals surface area contributed by atoms with E-state index in [1.165, 1.54) is 16.7 Å². The monoisotopic (exact) mass is 435 g/mol. The predicted octanol–water partition coefficient (Wildman–Crippen LogP) is 3.67. The molecule has 0 N–H and O–H groups in total. The number of esters is 1. The Morgan fingerprint density at radius 1 is 1.04 bits per heavy atom. The van der Waals surface area contributed by atoms with Gasteiger partial charge in [-0.15, -0.1) is 11.8 Å². The highest BCUT2D eigenvalue weighted by molar-refractivity contribution is 9.10. The number of rotatable bonds is 7. The quantitative estimate of drug-likeness (QED) is 0.377. The van der Waals surface area contributed by atoms with Crippen molar-refractivity contribution in [3.63, 3.8) is 0 Å². The SMILES string of the molecule is CN(C)C(=O)CSc1ccccc1C(=O)OCC(=O)c1ccc(Br)cc1. The number of Topliss-reactive ketones (excluding diaryl/α,β-unsaturated/α-hetero) is 1. The zero-order chi connectivity index (χ0) is 19.1. The Morgan fingerprint density at radius 2 is 1.69 bits per heavy atom. The van der Waals surface area contributed by atoms with Crippen LogP contribution in [0.15, 0.2) is 57.9 Å². The van der Waals surface area contributed by atoms with E-state index in [4.69, 9.17) is 4.74 Å². The lowest BCUT2D eigenvalue weighted by molar-refractivity contribution is -0.125. The first-order valence-corrected chi connectivity index (χ1v) is 9.54. The van der Waals surface area contributed by atoms with E-state index >= 15 is 0 Å². The van der Waals surface area contributed by atoms with Crippen LogP contribution in [-0.4, -0.2) is 49.0 Å². The summed E-state index contributed by atoms with van der Waals surface area (Å²) in [5.74, 6) is -0.701. The molecule has 0 aliphatic rings. The Labute approximate surface area is 164 Å². The van der Waals surface area contributed by atoms with Crippen LogP contribution < -0.4 is 0 Å². The van der Waals surface area contributed by atoms with Gasteiger partial charge in [0.1, 0.15) is 0 Å². The summed E-state index contributed by atoms with van der Waals surface area (Å²) in [6, 6.07) is 13.7. The number of benzene rings is 2. The Balaban J connectivity index is 1.99. The lowest BCUT2D eigenvalue weighted by Crippen LogP contribution is -2.23. The van der Waals surface area contributed by atoms with Gasteiger partial charge in [0.25, 0.3) is 0 Å². The third-order valence-electron chi connectivity index (χ3n) is 3.46. The maximum absolute atomic E-state index is 12.3. The zero-order valence-electron chi connectivity index (χ0n) is 14.4. The van der Waals surface area contributed by atoms with Crippen LogP contribution in [-0.2, 0) is 9.53 Å². The minimum atomic E-state index is -0.587. The molecule has 0 saturated heterocycles. The number of hydrogen-bond donors (Lipinski definition) is 0. The molecule has 0 radical (unpaired) electrons. The van der Waals surface area contributed by atoms with Gasteiger partial charge in [-0.1, -0.05) is 40.2 Å². The highest BCUT2D eigenvalue weighted by Gasteiger charge is 2.16. The van der Waals surface area contributed by atoms with Crippen LogP contribution in [0.25, 0.3) is 0 Å². The Morgan fingerprint density at radius 3 is 2.35 bits per heavy atom. The van der Waals surface area contributed by atoms with E-state index in [2.05, 4.69) is 15.9 Å². The number of carbonyl (C=O) groups excluding carboxylic acids is 3. The molecule has 0 unspecified atom stereocenters. The minimum Gasteiger partial charge on any atom is -0.454 e. The molecule has 5 nitrogen and oxygen atoms in total. The van der Waals surface area contributed by atoms with Gasteiger partial charge >= 0.3 is 5.97 Å². The van der Waals surface area contributed by atoms with Crippen molar-refractivity contribution in [2.75, 3.05) is 26.5 Å². The molecule has 26 heavy (non-hydrogen) atoms. The highest BCUT2D eigenvalue weighted by Crippen LogP contribution is 2.23. The second kappa shape index (κ2) is 9.54. The van der Waals surface area contributed by atoms with E-state index in [9.17, 15) is 14.4 Å². The molecule has 1 amide bonds. The van der Waals surface area contributed by atoms with Crippen LogP contribution in [0.3, 0.4) is 0 Å². The number of nitrogens with zero attached hydrogens (tertiary/aromatic N) is 1. The normalized spacial score (nSPS) is 10.3. The highest BCUT2D eigenvalue weighted by atomic mass is 79.9. The fraction of sp³-hybridized carbons (Fsp3) is 0.211. The van der Waals surface area contributed by atoms with Crippen molar-refractivity contribution in [2.45, 2.75) is 4.90 Å². The average molecular weight is 436 g/mol. The largest absolute Gasteiger partial charge is 0.454 e. The van der Waals surface area contributed by atoms with Crippen LogP contribution in [0, 0.1) is 0 Å². The van der Waals surface area contributed by atoms with Gasteiger partial charge in [0.15, 0.2) is 12.4 Å². The summed E-state index contributed by atoms with van der Waals surface area (Å²) in [5.41, 5.74) is 0.813.